The van der Waals surface area contributed by atoms with E-state index in [9.17, 15) is 13.5 Å². The van der Waals surface area contributed by atoms with Crippen molar-refractivity contribution >= 4 is 15.7 Å². The second-order valence-corrected chi connectivity index (χ2v) is 10.5. The number of piperidine rings is 1. The van der Waals surface area contributed by atoms with Crippen LogP contribution in [0.25, 0.3) is 0 Å². The number of hydrogen-bond donors (Lipinski definition) is 1. The van der Waals surface area contributed by atoms with Gasteiger partial charge in [0, 0.05) is 26.2 Å². The fraction of sp³-hybridized carbons (Fsp3) is 0.500. The molecule has 6 nitrogen and oxygen atoms in total. The highest BCUT2D eigenvalue weighted by atomic mass is 32.2. The zero-order valence-electron chi connectivity index (χ0n) is 18.1. The Hall–Kier alpha value is -1.93. The number of β-amino-alcohol motifs (C(OH)–C–C–N with tert-alkyl or cyclic N) is 1. The third-order valence-electron chi connectivity index (χ3n) is 6.26. The largest absolute Gasteiger partial charge is 0.387 e. The van der Waals surface area contributed by atoms with Gasteiger partial charge in [0.1, 0.15) is 0 Å². The summed E-state index contributed by atoms with van der Waals surface area (Å²) < 4.78 is 31.6. The molecule has 2 aromatic carbocycles. The number of ether oxygens (including phenoxy) is 1. The van der Waals surface area contributed by atoms with Crippen LogP contribution in [0.15, 0.2) is 48.5 Å². The van der Waals surface area contributed by atoms with E-state index in [1.165, 1.54) is 16.1 Å². The van der Waals surface area contributed by atoms with Crippen molar-refractivity contribution in [1.82, 2.24) is 4.90 Å². The molecule has 0 amide bonds. The molecule has 7 heteroatoms. The van der Waals surface area contributed by atoms with Crippen LogP contribution in [0.1, 0.15) is 42.1 Å². The first kappa shape index (κ1) is 22.3. The predicted octanol–water partition coefficient (Wildman–Crippen LogP) is 3.11. The van der Waals surface area contributed by atoms with E-state index >= 15 is 0 Å². The zero-order valence-corrected chi connectivity index (χ0v) is 18.9. The molecule has 2 aromatic rings. The molecule has 2 aliphatic heterocycles. The van der Waals surface area contributed by atoms with Crippen molar-refractivity contribution in [2.45, 2.75) is 44.5 Å². The average Bonchev–Trinajstić information content (AvgIpc) is 2.78. The van der Waals surface area contributed by atoms with Gasteiger partial charge < -0.3 is 14.7 Å². The summed E-state index contributed by atoms with van der Waals surface area (Å²) in [6.45, 7) is 3.56. The van der Waals surface area contributed by atoms with Crippen molar-refractivity contribution in [1.29, 1.82) is 0 Å². The monoisotopic (exact) mass is 444 g/mol. The number of fused-ring (bicyclic) bond motifs is 1. The molecule has 0 bridgehead atoms. The Kier molecular flexibility index (Phi) is 6.96. The zero-order chi connectivity index (χ0) is 21.8. The van der Waals surface area contributed by atoms with Crippen LogP contribution < -0.4 is 4.31 Å². The molecular formula is C24H32N2O4S. The van der Waals surface area contributed by atoms with Gasteiger partial charge in [-0.15, -0.1) is 0 Å². The van der Waals surface area contributed by atoms with Gasteiger partial charge in [-0.1, -0.05) is 42.5 Å². The molecule has 2 aliphatic rings. The Morgan fingerprint density at radius 2 is 1.84 bits per heavy atom. The molecule has 0 aromatic heterocycles. The number of likely N-dealkylation sites (tertiary alicyclic amines) is 1. The SMILES string of the molecule is CS(=O)(=O)N1CCCc2cc(C(O)CN3CCC(OCc4ccccc4)CC3)ccc21. The van der Waals surface area contributed by atoms with Crippen molar-refractivity contribution in [3.05, 3.63) is 65.2 Å². The van der Waals surface area contributed by atoms with Crippen molar-refractivity contribution < 1.29 is 18.3 Å². The van der Waals surface area contributed by atoms with Crippen molar-refractivity contribution in [2.24, 2.45) is 0 Å². The van der Waals surface area contributed by atoms with Crippen LogP contribution in [-0.4, -0.2) is 57.0 Å². The maximum absolute atomic E-state index is 12.0. The normalized spacial score (nSPS) is 19.2. The topological polar surface area (TPSA) is 70.1 Å². The Morgan fingerprint density at radius 3 is 2.55 bits per heavy atom. The molecule has 0 radical (unpaired) electrons. The number of aliphatic hydroxyl groups is 1. The Balaban J connectivity index is 1.30. The smallest absolute Gasteiger partial charge is 0.232 e. The molecule has 1 saturated heterocycles. The van der Waals surface area contributed by atoms with E-state index in [-0.39, 0.29) is 6.10 Å². The summed E-state index contributed by atoms with van der Waals surface area (Å²) in [5.41, 5.74) is 3.81. The molecule has 2 heterocycles. The first-order valence-electron chi connectivity index (χ1n) is 11.1. The predicted molar refractivity (Wildman–Crippen MR) is 123 cm³/mol. The summed E-state index contributed by atoms with van der Waals surface area (Å²) in [5, 5.41) is 10.8. The van der Waals surface area contributed by atoms with Gasteiger partial charge in [-0.25, -0.2) is 8.42 Å². The van der Waals surface area contributed by atoms with Crippen LogP contribution in [0.3, 0.4) is 0 Å². The van der Waals surface area contributed by atoms with E-state index in [0.29, 0.717) is 19.7 Å². The molecule has 0 aliphatic carbocycles. The summed E-state index contributed by atoms with van der Waals surface area (Å²) in [6.07, 6.45) is 4.50. The van der Waals surface area contributed by atoms with E-state index < -0.39 is 16.1 Å². The lowest BCUT2D eigenvalue weighted by Crippen LogP contribution is -2.39. The lowest BCUT2D eigenvalue weighted by molar-refractivity contribution is -0.0109. The summed E-state index contributed by atoms with van der Waals surface area (Å²) in [7, 11) is -3.27. The van der Waals surface area contributed by atoms with Gasteiger partial charge in [-0.3, -0.25) is 4.31 Å². The summed E-state index contributed by atoms with van der Waals surface area (Å²) in [6, 6.07) is 15.9. The van der Waals surface area contributed by atoms with Crippen LogP contribution in [0.2, 0.25) is 0 Å². The molecule has 4 rings (SSSR count). The van der Waals surface area contributed by atoms with E-state index in [0.717, 1.165) is 55.6 Å². The lowest BCUT2D eigenvalue weighted by Gasteiger charge is -2.33. The minimum atomic E-state index is -3.27. The molecule has 0 spiro atoms. The molecule has 0 saturated carbocycles. The fourth-order valence-electron chi connectivity index (χ4n) is 4.53. The van der Waals surface area contributed by atoms with Gasteiger partial charge in [0.15, 0.2) is 0 Å². The highest BCUT2D eigenvalue weighted by Gasteiger charge is 2.26. The van der Waals surface area contributed by atoms with E-state index in [4.69, 9.17) is 4.74 Å². The third-order valence-corrected chi connectivity index (χ3v) is 7.44. The molecular weight excluding hydrogens is 412 g/mol. The first-order valence-corrected chi connectivity index (χ1v) is 12.9. The van der Waals surface area contributed by atoms with Crippen molar-refractivity contribution in [3.8, 4) is 0 Å². The van der Waals surface area contributed by atoms with Crippen LogP contribution in [0.5, 0.6) is 0 Å². The second kappa shape index (κ2) is 9.69. The number of aliphatic hydroxyl groups excluding tert-OH is 1. The summed E-state index contributed by atoms with van der Waals surface area (Å²) >= 11 is 0. The number of aryl methyl sites for hydroxylation is 1. The molecule has 168 valence electrons. The van der Waals surface area contributed by atoms with Gasteiger partial charge >= 0.3 is 0 Å². The fourth-order valence-corrected chi connectivity index (χ4v) is 5.53. The molecule has 31 heavy (non-hydrogen) atoms. The Bertz CT molecular complexity index is 972. The molecule has 1 N–H and O–H groups in total. The van der Waals surface area contributed by atoms with Gasteiger partial charge in [0.25, 0.3) is 0 Å². The number of hydrogen-bond acceptors (Lipinski definition) is 5. The van der Waals surface area contributed by atoms with Crippen LogP contribution in [0, 0.1) is 0 Å². The van der Waals surface area contributed by atoms with Crippen molar-refractivity contribution in [2.75, 3.05) is 36.7 Å². The first-order chi connectivity index (χ1) is 14.9. The molecule has 1 unspecified atom stereocenters. The van der Waals surface area contributed by atoms with Crippen LogP contribution in [-0.2, 0) is 27.8 Å². The standard InChI is InChI=1S/C24H32N2O4S/c1-31(28,29)26-13-5-8-20-16-21(9-10-23(20)26)24(27)17-25-14-11-22(12-15-25)30-18-19-6-3-2-4-7-19/h2-4,6-7,9-10,16,22,24,27H,5,8,11-15,17-18H2,1H3. The highest BCUT2D eigenvalue weighted by Crippen LogP contribution is 2.31. The van der Waals surface area contributed by atoms with Crippen LogP contribution >= 0.6 is 0 Å². The van der Waals surface area contributed by atoms with E-state index in [1.807, 2.05) is 36.4 Å². The Labute approximate surface area is 185 Å². The molecule has 1 atom stereocenters. The number of rotatable bonds is 7. The summed E-state index contributed by atoms with van der Waals surface area (Å²) in [5.74, 6) is 0. The average molecular weight is 445 g/mol. The third kappa shape index (κ3) is 5.66. The van der Waals surface area contributed by atoms with Crippen LogP contribution in [0.4, 0.5) is 5.69 Å². The minimum absolute atomic E-state index is 0.263. The maximum atomic E-state index is 12.0. The van der Waals surface area contributed by atoms with Gasteiger partial charge in [-0.2, -0.15) is 0 Å². The lowest BCUT2D eigenvalue weighted by atomic mass is 9.98. The van der Waals surface area contributed by atoms with E-state index in [1.54, 1.807) is 0 Å². The second-order valence-electron chi connectivity index (χ2n) is 8.64. The quantitative estimate of drug-likeness (QED) is 0.711. The van der Waals surface area contributed by atoms with Gasteiger partial charge in [0.2, 0.25) is 10.0 Å². The van der Waals surface area contributed by atoms with E-state index in [2.05, 4.69) is 17.0 Å². The number of anilines is 1. The van der Waals surface area contributed by atoms with Gasteiger partial charge in [-0.05, 0) is 48.4 Å². The number of benzene rings is 2. The number of sulfonamides is 1. The van der Waals surface area contributed by atoms with Gasteiger partial charge in [0.05, 0.1) is 30.8 Å². The number of nitrogens with zero attached hydrogens (tertiary/aromatic N) is 2. The van der Waals surface area contributed by atoms with Crippen molar-refractivity contribution in [3.63, 3.8) is 0 Å². The minimum Gasteiger partial charge on any atom is -0.387 e. The summed E-state index contributed by atoms with van der Waals surface area (Å²) in [4.78, 5) is 2.29. The molecule has 1 fully saturated rings. The maximum Gasteiger partial charge on any atom is 0.232 e. The Morgan fingerprint density at radius 1 is 1.10 bits per heavy atom. The highest BCUT2D eigenvalue weighted by molar-refractivity contribution is 7.92.